The maximum atomic E-state index is 13.5. The molecule has 5 aromatic rings. The van der Waals surface area contributed by atoms with Crippen molar-refractivity contribution >= 4 is 55.0 Å². The van der Waals surface area contributed by atoms with Gasteiger partial charge in [-0.05, 0) is 73.3 Å². The lowest BCUT2D eigenvalue weighted by Gasteiger charge is -2.30. The van der Waals surface area contributed by atoms with E-state index < -0.39 is 54.3 Å². The van der Waals surface area contributed by atoms with E-state index in [0.29, 0.717) is 30.4 Å². The highest BCUT2D eigenvalue weighted by molar-refractivity contribution is 7.86. The van der Waals surface area contributed by atoms with Crippen LogP contribution < -0.4 is 10.6 Å². The summed E-state index contributed by atoms with van der Waals surface area (Å²) in [7, 11) is -6.38. The zero-order valence-corrected chi connectivity index (χ0v) is 41.3. The molecule has 4 atom stereocenters. The molecule has 4 heterocycles. The molecule has 0 saturated carbocycles. The third-order valence-electron chi connectivity index (χ3n) is 11.6. The number of nitrogens with one attached hydrogen (secondary N) is 4. The number of rotatable bonds is 11. The average molecular weight is 1000 g/mol. The van der Waals surface area contributed by atoms with Gasteiger partial charge in [0, 0.05) is 29.4 Å². The van der Waals surface area contributed by atoms with Gasteiger partial charge in [-0.2, -0.15) is 16.8 Å². The Labute approximate surface area is 407 Å². The van der Waals surface area contributed by atoms with Crippen LogP contribution in [0.15, 0.2) is 96.0 Å². The van der Waals surface area contributed by atoms with Gasteiger partial charge < -0.3 is 39.9 Å². The molecule has 0 radical (unpaired) electrons. The maximum absolute atomic E-state index is 13.5. The summed E-state index contributed by atoms with van der Waals surface area (Å²) < 4.78 is 72.1. The van der Waals surface area contributed by atoms with E-state index in [1.807, 2.05) is 52.0 Å². The number of aromatic amines is 2. The number of amides is 4. The van der Waals surface area contributed by atoms with Crippen molar-refractivity contribution < 1.29 is 54.6 Å². The van der Waals surface area contributed by atoms with E-state index in [0.717, 1.165) is 54.6 Å². The Morgan fingerprint density at radius 1 is 0.686 bits per heavy atom. The number of carbonyl (C=O) groups excluding carboxylic acids is 4. The highest BCUT2D eigenvalue weighted by atomic mass is 32.2. The predicted octanol–water partition coefficient (Wildman–Crippen LogP) is 6.42. The van der Waals surface area contributed by atoms with E-state index in [2.05, 4.69) is 55.6 Å². The zero-order valence-electron chi connectivity index (χ0n) is 39.6. The molecule has 3 aromatic carbocycles. The van der Waals surface area contributed by atoms with E-state index in [1.165, 1.54) is 38.5 Å². The van der Waals surface area contributed by atoms with Crippen molar-refractivity contribution in [2.75, 3.05) is 27.3 Å². The van der Waals surface area contributed by atoms with Crippen molar-refractivity contribution in [2.45, 2.75) is 87.3 Å². The van der Waals surface area contributed by atoms with Crippen molar-refractivity contribution in [3.05, 3.63) is 109 Å². The summed E-state index contributed by atoms with van der Waals surface area (Å²) in [5.74, 6) is 7.13. The lowest BCUT2D eigenvalue weighted by molar-refractivity contribution is -0.136. The highest BCUT2D eigenvalue weighted by Gasteiger charge is 2.39. The van der Waals surface area contributed by atoms with Crippen LogP contribution in [-0.4, -0.2) is 119 Å². The first kappa shape index (κ1) is 53.9. The third kappa shape index (κ3) is 13.0. The quantitative estimate of drug-likeness (QED) is 0.0473. The summed E-state index contributed by atoms with van der Waals surface area (Å²) in [5, 5.41) is 5.39. The molecule has 7 rings (SSSR count). The third-order valence-corrected chi connectivity index (χ3v) is 13.4. The van der Waals surface area contributed by atoms with E-state index in [9.17, 15) is 36.0 Å². The fourth-order valence-corrected chi connectivity index (χ4v) is 9.60. The molecule has 2 unspecified atom stereocenters. The van der Waals surface area contributed by atoms with Crippen LogP contribution in [0.2, 0.25) is 0 Å². The van der Waals surface area contributed by atoms with Gasteiger partial charge >= 0.3 is 12.2 Å². The van der Waals surface area contributed by atoms with Crippen LogP contribution in [0.3, 0.4) is 0 Å². The van der Waals surface area contributed by atoms with Crippen LogP contribution in [0.4, 0.5) is 9.59 Å². The first-order valence-corrected chi connectivity index (χ1v) is 25.1. The molecule has 22 heteroatoms. The lowest BCUT2D eigenvalue weighted by atomic mass is 10.0. The minimum absolute atomic E-state index is 0.0233. The van der Waals surface area contributed by atoms with Gasteiger partial charge in [0.15, 0.2) is 0 Å². The summed E-state index contributed by atoms with van der Waals surface area (Å²) in [5.41, 5.74) is 3.18. The van der Waals surface area contributed by atoms with Gasteiger partial charge in [-0.1, -0.05) is 70.0 Å². The smallest absolute Gasteiger partial charge is 0.407 e. The summed E-state index contributed by atoms with van der Waals surface area (Å²) in [6, 6.07) is 13.4. The van der Waals surface area contributed by atoms with Gasteiger partial charge in [0.1, 0.15) is 39.2 Å². The highest BCUT2D eigenvalue weighted by Crippen LogP contribution is 2.34. The standard InChI is InChI=1S/C36H46N8O6.C10H8O6S2.C2H4/c1-21(2)29(41-35(47)49-5)33(45)43-17-7-9-27(43)31-37-19-25(39-31)16-13-23-11-14-24(15-12-23)26-20-38-32(40-26)28-10-8-18-44(28)34(46)30(22(3)4)42-36(48)50-6;11-17(12,13)9-5-1-3-7-8(9)4-2-6-10(7)18(14,15)16;1-2/h11-12,14-15,19-22,27-30H,7-10,17-18H2,1-6H3,(H,37,39)(H,38,40)(H,41,47)(H,42,48);1-6H,(H,11,12,13)(H,14,15,16);1-2H2/t27-,28-,29?,30?;;/m0../s1. The first-order valence-electron chi connectivity index (χ1n) is 22.2. The van der Waals surface area contributed by atoms with E-state index in [-0.39, 0.29) is 46.5 Å². The maximum Gasteiger partial charge on any atom is 0.407 e. The number of nitrogens with zero attached hydrogens (tertiary/aromatic N) is 4. The molecular formula is C48H58N8O12S2. The van der Waals surface area contributed by atoms with Gasteiger partial charge in [-0.3, -0.25) is 18.7 Å². The fraction of sp³-hybridized carbons (Fsp3) is 0.375. The number of fused-ring (bicyclic) bond motifs is 1. The molecule has 6 N–H and O–H groups in total. The number of benzene rings is 3. The Morgan fingerprint density at radius 3 is 1.56 bits per heavy atom. The zero-order chi connectivity index (χ0) is 51.5. The number of alkyl carbamates (subject to hydrolysis) is 2. The number of hydrogen-bond donors (Lipinski definition) is 6. The number of methoxy groups -OCH3 is 2. The number of H-pyrrole nitrogens is 2. The number of hydrogen-bond acceptors (Lipinski definition) is 12. The Hall–Kier alpha value is -7.06. The van der Waals surface area contributed by atoms with Crippen LogP contribution in [-0.2, 0) is 39.3 Å². The van der Waals surface area contributed by atoms with Crippen molar-refractivity contribution in [1.29, 1.82) is 0 Å². The molecule has 2 aliphatic rings. The first-order chi connectivity index (χ1) is 33.2. The molecule has 0 aliphatic carbocycles. The Bertz CT molecular complexity index is 2890. The van der Waals surface area contributed by atoms with Crippen LogP contribution in [0.1, 0.15) is 88.4 Å². The minimum atomic E-state index is -4.47. The summed E-state index contributed by atoms with van der Waals surface area (Å²) in [6.45, 7) is 14.7. The molecule has 374 valence electrons. The molecule has 2 fully saturated rings. The van der Waals surface area contributed by atoms with Crippen LogP contribution >= 0.6 is 0 Å². The Kier molecular flexibility index (Phi) is 18.1. The van der Waals surface area contributed by atoms with Crippen LogP contribution in [0, 0.1) is 23.7 Å². The second-order valence-electron chi connectivity index (χ2n) is 16.8. The molecule has 2 saturated heterocycles. The van der Waals surface area contributed by atoms with Crippen molar-refractivity contribution in [2.24, 2.45) is 11.8 Å². The van der Waals surface area contributed by atoms with Gasteiger partial charge in [0.25, 0.3) is 20.2 Å². The van der Waals surface area contributed by atoms with E-state index in [4.69, 9.17) is 18.6 Å². The number of carbonyl (C=O) groups is 4. The summed E-state index contributed by atoms with van der Waals surface area (Å²) in [4.78, 5) is 69.2. The minimum Gasteiger partial charge on any atom is -0.453 e. The molecule has 70 heavy (non-hydrogen) atoms. The fourth-order valence-electron chi connectivity index (χ4n) is 8.18. The average Bonchev–Trinajstić information content (AvgIpc) is 4.19. The predicted molar refractivity (Wildman–Crippen MR) is 259 cm³/mol. The van der Waals surface area contributed by atoms with Crippen molar-refractivity contribution in [3.63, 3.8) is 0 Å². The van der Waals surface area contributed by atoms with Crippen LogP contribution in [0.5, 0.6) is 0 Å². The van der Waals surface area contributed by atoms with E-state index in [1.54, 1.807) is 22.2 Å². The van der Waals surface area contributed by atoms with Gasteiger partial charge in [0.05, 0.1) is 44.4 Å². The molecular weight excluding hydrogens is 945 g/mol. The second-order valence-corrected chi connectivity index (χ2v) is 19.6. The monoisotopic (exact) mass is 1000 g/mol. The van der Waals surface area contributed by atoms with Crippen LogP contribution in [0.25, 0.3) is 22.0 Å². The largest absolute Gasteiger partial charge is 0.453 e. The van der Waals surface area contributed by atoms with Crippen molar-refractivity contribution in [1.82, 2.24) is 40.4 Å². The van der Waals surface area contributed by atoms with Crippen molar-refractivity contribution in [3.8, 4) is 23.1 Å². The SMILES string of the molecule is C=C.COC(=O)NC(C(=O)N1CCC[C@H]1c1ncc(C#Cc2ccc(-c3cnc([C@@H]4CCCN4C(=O)C(NC(=O)OC)C(C)C)[nH]3)cc2)[nH]1)C(C)C.O=S(=O)(O)c1cccc2c(S(=O)(=O)O)cccc12. The van der Waals surface area contributed by atoms with Gasteiger partial charge in [-0.15, -0.1) is 13.2 Å². The second kappa shape index (κ2) is 23.5. The van der Waals surface area contributed by atoms with Gasteiger partial charge in [0.2, 0.25) is 11.8 Å². The number of ether oxygens (including phenoxy) is 2. The molecule has 0 spiro atoms. The summed E-state index contributed by atoms with van der Waals surface area (Å²) >= 11 is 0. The molecule has 2 aliphatic heterocycles. The Balaban J connectivity index is 0.000000380. The number of imidazole rings is 2. The normalized spacial score (nSPS) is 16.5. The molecule has 4 amide bonds. The van der Waals surface area contributed by atoms with Gasteiger partial charge in [-0.25, -0.2) is 19.6 Å². The lowest BCUT2D eigenvalue weighted by Crippen LogP contribution is -2.51. The number of likely N-dealkylation sites (tertiary alicyclic amines) is 2. The topological polar surface area (TPSA) is 283 Å². The molecule has 20 nitrogen and oxygen atoms in total. The molecule has 0 bridgehead atoms. The van der Waals surface area contributed by atoms with E-state index >= 15 is 0 Å². The molecule has 2 aromatic heterocycles. The Morgan fingerprint density at radius 2 is 1.13 bits per heavy atom. The summed E-state index contributed by atoms with van der Waals surface area (Å²) in [6.07, 6.45) is 5.36. The number of aromatic nitrogens is 4.